The van der Waals surface area contributed by atoms with Crippen LogP contribution in [0.3, 0.4) is 0 Å². The fraction of sp³-hybridized carbons (Fsp3) is 0.579. The van der Waals surface area contributed by atoms with Gasteiger partial charge < -0.3 is 20.5 Å². The van der Waals surface area contributed by atoms with Crippen molar-refractivity contribution in [2.45, 2.75) is 31.3 Å². The molecule has 1 unspecified atom stereocenters. The molecule has 1 aromatic rings. The number of hydrogen-bond donors (Lipinski definition) is 3. The van der Waals surface area contributed by atoms with Gasteiger partial charge in [0.25, 0.3) is 0 Å². The molecule has 1 saturated heterocycles. The minimum absolute atomic E-state index is 0.0328. The smallest absolute Gasteiger partial charge is 0.237 e. The van der Waals surface area contributed by atoms with Crippen molar-refractivity contribution in [1.82, 2.24) is 15.5 Å². The lowest BCUT2D eigenvalue weighted by atomic mass is 10.0. The summed E-state index contributed by atoms with van der Waals surface area (Å²) in [5.41, 5.74) is 2.68. The molecule has 1 aromatic carbocycles. The molecule has 1 aliphatic heterocycles. The molecule has 0 saturated carbocycles. The second-order valence-corrected chi connectivity index (χ2v) is 6.77. The maximum atomic E-state index is 12.4. The third-order valence-corrected chi connectivity index (χ3v) is 5.05. The van der Waals surface area contributed by atoms with Crippen LogP contribution in [0.1, 0.15) is 17.5 Å². The summed E-state index contributed by atoms with van der Waals surface area (Å²) in [5, 5.41) is 14.3. The number of benzene rings is 1. The maximum Gasteiger partial charge on any atom is 0.237 e. The molecular formula is C19H27N3O4. The third-order valence-electron chi connectivity index (χ3n) is 5.05. The lowest BCUT2D eigenvalue weighted by molar-refractivity contribution is -0.135. The van der Waals surface area contributed by atoms with Crippen molar-refractivity contribution in [2.24, 2.45) is 0 Å². The Kier molecular flexibility index (Phi) is 6.60. The van der Waals surface area contributed by atoms with E-state index in [4.69, 9.17) is 9.84 Å². The van der Waals surface area contributed by atoms with Gasteiger partial charge in [0.2, 0.25) is 11.8 Å². The van der Waals surface area contributed by atoms with Crippen LogP contribution in [0.25, 0.3) is 0 Å². The SMILES string of the molecule is O=C(CC1C(=O)NCCN1C1Cc2ccccc2C1)NCCOCCO. The van der Waals surface area contributed by atoms with E-state index in [0.717, 1.165) is 19.4 Å². The Balaban J connectivity index is 1.55. The van der Waals surface area contributed by atoms with Crippen LogP contribution in [0.5, 0.6) is 0 Å². The number of fused-ring (bicyclic) bond motifs is 1. The Morgan fingerprint density at radius 3 is 2.69 bits per heavy atom. The van der Waals surface area contributed by atoms with Gasteiger partial charge in [0.1, 0.15) is 0 Å². The normalized spacial score (nSPS) is 20.7. The average molecular weight is 361 g/mol. The second kappa shape index (κ2) is 9.12. The summed E-state index contributed by atoms with van der Waals surface area (Å²) in [5.74, 6) is -0.223. The van der Waals surface area contributed by atoms with Gasteiger partial charge in [0, 0.05) is 25.7 Å². The van der Waals surface area contributed by atoms with Gasteiger partial charge in [-0.1, -0.05) is 24.3 Å². The largest absolute Gasteiger partial charge is 0.394 e. The van der Waals surface area contributed by atoms with E-state index in [2.05, 4.69) is 27.7 Å². The predicted octanol–water partition coefficient (Wildman–Crippen LogP) is -0.531. The molecular weight excluding hydrogens is 334 g/mol. The van der Waals surface area contributed by atoms with E-state index in [9.17, 15) is 9.59 Å². The molecule has 7 heteroatoms. The molecule has 0 bridgehead atoms. The van der Waals surface area contributed by atoms with Gasteiger partial charge in [0.05, 0.1) is 32.3 Å². The number of aliphatic hydroxyl groups is 1. The Hall–Kier alpha value is -1.96. The Morgan fingerprint density at radius 2 is 2.00 bits per heavy atom. The quantitative estimate of drug-likeness (QED) is 0.542. The van der Waals surface area contributed by atoms with Crippen molar-refractivity contribution in [2.75, 3.05) is 39.5 Å². The molecule has 142 valence electrons. The summed E-state index contributed by atoms with van der Waals surface area (Å²) in [7, 11) is 0. The van der Waals surface area contributed by atoms with Crippen molar-refractivity contribution >= 4 is 11.8 Å². The molecule has 1 heterocycles. The van der Waals surface area contributed by atoms with Crippen LogP contribution >= 0.6 is 0 Å². The van der Waals surface area contributed by atoms with E-state index in [1.54, 1.807) is 0 Å². The molecule has 3 rings (SSSR count). The van der Waals surface area contributed by atoms with E-state index < -0.39 is 6.04 Å². The van der Waals surface area contributed by atoms with Crippen LogP contribution in [0, 0.1) is 0 Å². The molecule has 3 N–H and O–H groups in total. The first-order valence-corrected chi connectivity index (χ1v) is 9.24. The summed E-state index contributed by atoms with van der Waals surface area (Å²) < 4.78 is 5.13. The minimum Gasteiger partial charge on any atom is -0.394 e. The van der Waals surface area contributed by atoms with Gasteiger partial charge in [-0.2, -0.15) is 0 Å². The van der Waals surface area contributed by atoms with Crippen molar-refractivity contribution in [3.05, 3.63) is 35.4 Å². The standard InChI is InChI=1S/C19H27N3O4/c23-8-10-26-9-6-20-18(24)13-17-19(25)21-5-7-22(17)16-11-14-3-1-2-4-15(14)12-16/h1-4,16-17,23H,5-13H2,(H,20,24)(H,21,25). The number of piperazine rings is 1. The maximum absolute atomic E-state index is 12.4. The molecule has 7 nitrogen and oxygen atoms in total. The zero-order valence-electron chi connectivity index (χ0n) is 14.9. The topological polar surface area (TPSA) is 90.9 Å². The highest BCUT2D eigenvalue weighted by atomic mass is 16.5. The second-order valence-electron chi connectivity index (χ2n) is 6.77. The van der Waals surface area contributed by atoms with E-state index in [1.807, 2.05) is 12.1 Å². The zero-order valence-corrected chi connectivity index (χ0v) is 14.9. The highest BCUT2D eigenvalue weighted by molar-refractivity contribution is 5.88. The first-order chi connectivity index (χ1) is 12.7. The molecule has 1 atom stereocenters. The summed E-state index contributed by atoms with van der Waals surface area (Å²) in [6, 6.07) is 8.23. The predicted molar refractivity (Wildman–Crippen MR) is 96.7 cm³/mol. The molecule has 0 aromatic heterocycles. The van der Waals surface area contributed by atoms with E-state index in [0.29, 0.717) is 19.7 Å². The fourth-order valence-corrected chi connectivity index (χ4v) is 3.83. The number of carbonyl (C=O) groups is 2. The highest BCUT2D eigenvalue weighted by Gasteiger charge is 2.37. The van der Waals surface area contributed by atoms with Crippen LogP contribution in [0.15, 0.2) is 24.3 Å². The third kappa shape index (κ3) is 4.60. The molecule has 26 heavy (non-hydrogen) atoms. The number of rotatable bonds is 8. The van der Waals surface area contributed by atoms with E-state index >= 15 is 0 Å². The fourth-order valence-electron chi connectivity index (χ4n) is 3.83. The Morgan fingerprint density at radius 1 is 1.27 bits per heavy atom. The Bertz CT molecular complexity index is 612. The monoisotopic (exact) mass is 361 g/mol. The van der Waals surface area contributed by atoms with Crippen LogP contribution in [-0.4, -0.2) is 73.4 Å². The summed E-state index contributed by atoms with van der Waals surface area (Å²) in [6.07, 6.45) is 2.01. The average Bonchev–Trinajstić information content (AvgIpc) is 3.07. The first-order valence-electron chi connectivity index (χ1n) is 9.24. The van der Waals surface area contributed by atoms with Crippen LogP contribution in [-0.2, 0) is 27.2 Å². The number of ether oxygens (including phenoxy) is 1. The number of nitrogens with one attached hydrogen (secondary N) is 2. The van der Waals surface area contributed by atoms with Crippen LogP contribution < -0.4 is 10.6 Å². The number of aliphatic hydroxyl groups excluding tert-OH is 1. The van der Waals surface area contributed by atoms with Gasteiger partial charge in [-0.15, -0.1) is 0 Å². The Labute approximate surface area is 153 Å². The number of nitrogens with zero attached hydrogens (tertiary/aromatic N) is 1. The van der Waals surface area contributed by atoms with Crippen LogP contribution in [0.2, 0.25) is 0 Å². The van der Waals surface area contributed by atoms with E-state index in [1.165, 1.54) is 11.1 Å². The molecule has 2 amide bonds. The summed E-state index contributed by atoms with van der Waals surface area (Å²) >= 11 is 0. The first kappa shape index (κ1) is 18.8. The number of carbonyl (C=O) groups excluding carboxylic acids is 2. The highest BCUT2D eigenvalue weighted by Crippen LogP contribution is 2.27. The molecule has 1 fully saturated rings. The van der Waals surface area contributed by atoms with Crippen molar-refractivity contribution < 1.29 is 19.4 Å². The van der Waals surface area contributed by atoms with Crippen molar-refractivity contribution in [1.29, 1.82) is 0 Å². The lowest BCUT2D eigenvalue weighted by Gasteiger charge is -2.38. The molecule has 1 aliphatic carbocycles. The number of hydrogen-bond acceptors (Lipinski definition) is 5. The van der Waals surface area contributed by atoms with Crippen molar-refractivity contribution in [3.8, 4) is 0 Å². The van der Waals surface area contributed by atoms with Gasteiger partial charge >= 0.3 is 0 Å². The molecule has 0 spiro atoms. The van der Waals surface area contributed by atoms with Crippen LogP contribution in [0.4, 0.5) is 0 Å². The summed E-state index contributed by atoms with van der Waals surface area (Å²) in [6.45, 7) is 2.35. The molecule has 2 aliphatic rings. The van der Waals surface area contributed by atoms with Gasteiger partial charge in [-0.05, 0) is 24.0 Å². The van der Waals surface area contributed by atoms with E-state index in [-0.39, 0.29) is 37.5 Å². The zero-order chi connectivity index (χ0) is 18.4. The summed E-state index contributed by atoms with van der Waals surface area (Å²) in [4.78, 5) is 26.8. The molecule has 0 radical (unpaired) electrons. The van der Waals surface area contributed by atoms with Gasteiger partial charge in [-0.25, -0.2) is 0 Å². The number of amides is 2. The minimum atomic E-state index is -0.429. The van der Waals surface area contributed by atoms with Gasteiger partial charge in [0.15, 0.2) is 0 Å². The van der Waals surface area contributed by atoms with Crippen molar-refractivity contribution in [3.63, 3.8) is 0 Å². The lowest BCUT2D eigenvalue weighted by Crippen LogP contribution is -2.59. The van der Waals surface area contributed by atoms with Gasteiger partial charge in [-0.3, -0.25) is 14.5 Å².